The van der Waals surface area contributed by atoms with Gasteiger partial charge in [-0.25, -0.2) is 9.18 Å². The summed E-state index contributed by atoms with van der Waals surface area (Å²) in [6.45, 7) is 8.98. The molecular weight excluding hydrogens is 299 g/mol. The molecular formula is C16H25FN4O2. The number of halogens is 1. The van der Waals surface area contributed by atoms with Crippen molar-refractivity contribution in [3.63, 3.8) is 0 Å². The first-order valence-electron chi connectivity index (χ1n) is 7.84. The maximum Gasteiger partial charge on any atom is 0.414 e. The van der Waals surface area contributed by atoms with Gasteiger partial charge in [-0.05, 0) is 31.5 Å². The molecule has 2 rings (SSSR count). The number of cyclic esters (lactones) is 1. The molecule has 0 saturated carbocycles. The number of anilines is 1. The second-order valence-electron chi connectivity index (χ2n) is 4.94. The molecule has 1 fully saturated rings. The molecule has 1 aromatic carbocycles. The molecule has 1 aromatic rings. The number of carbonyl (C=O) groups is 1. The lowest BCUT2D eigenvalue weighted by Gasteiger charge is -2.16. The van der Waals surface area contributed by atoms with E-state index in [0.29, 0.717) is 30.9 Å². The van der Waals surface area contributed by atoms with Crippen molar-refractivity contribution in [1.29, 1.82) is 0 Å². The van der Waals surface area contributed by atoms with Gasteiger partial charge in [0.05, 0.1) is 25.3 Å². The molecule has 0 aromatic heterocycles. The van der Waals surface area contributed by atoms with Crippen LogP contribution < -0.4 is 4.90 Å². The molecule has 0 N–H and O–H groups in total. The second kappa shape index (κ2) is 9.07. The average molecular weight is 324 g/mol. The van der Waals surface area contributed by atoms with Crippen molar-refractivity contribution in [3.8, 4) is 0 Å². The molecule has 6 nitrogen and oxygen atoms in total. The standard InChI is InChI=1S/C14H19FN4O2.C2H6/c1-4-16-17-18(3)8-12-9-19(14(20)21-12)11-6-5-10(2)13(15)7-11;1-2/h5-7,12H,4,8-9H2,1-3H3;1-2H3. The Bertz CT molecular complexity index is 551. The Balaban J connectivity index is 0.00000127. The van der Waals surface area contributed by atoms with Gasteiger partial charge >= 0.3 is 6.09 Å². The predicted molar refractivity (Wildman–Crippen MR) is 88.1 cm³/mol. The number of amides is 1. The zero-order valence-electron chi connectivity index (χ0n) is 14.4. The van der Waals surface area contributed by atoms with Crippen molar-refractivity contribution in [3.05, 3.63) is 29.6 Å². The zero-order chi connectivity index (χ0) is 17.4. The number of hydrogen-bond acceptors (Lipinski definition) is 4. The van der Waals surface area contributed by atoms with Crippen molar-refractivity contribution in [1.82, 2.24) is 5.01 Å². The van der Waals surface area contributed by atoms with Crippen molar-refractivity contribution < 1.29 is 13.9 Å². The third kappa shape index (κ3) is 5.19. The molecule has 0 radical (unpaired) electrons. The first kappa shape index (κ1) is 18.9. The largest absolute Gasteiger partial charge is 0.442 e. The van der Waals surface area contributed by atoms with Gasteiger partial charge in [-0.1, -0.05) is 25.1 Å². The highest BCUT2D eigenvalue weighted by molar-refractivity contribution is 5.89. The van der Waals surface area contributed by atoms with Crippen LogP contribution in [-0.2, 0) is 4.74 Å². The molecule has 0 spiro atoms. The van der Waals surface area contributed by atoms with Gasteiger partial charge in [0.2, 0.25) is 0 Å². The van der Waals surface area contributed by atoms with E-state index in [1.54, 1.807) is 31.1 Å². The Morgan fingerprint density at radius 1 is 1.43 bits per heavy atom. The van der Waals surface area contributed by atoms with Gasteiger partial charge in [0.25, 0.3) is 0 Å². The van der Waals surface area contributed by atoms with E-state index in [0.717, 1.165) is 0 Å². The number of ether oxygens (including phenoxy) is 1. The number of hydrogen-bond donors (Lipinski definition) is 0. The normalized spacial score (nSPS) is 17.0. The van der Waals surface area contributed by atoms with Crippen LogP contribution in [0.15, 0.2) is 28.5 Å². The minimum atomic E-state index is -0.468. The highest BCUT2D eigenvalue weighted by Gasteiger charge is 2.33. The lowest BCUT2D eigenvalue weighted by atomic mass is 10.2. The second-order valence-corrected chi connectivity index (χ2v) is 4.94. The minimum absolute atomic E-state index is 0.317. The number of nitrogens with zero attached hydrogens (tertiary/aromatic N) is 4. The van der Waals surface area contributed by atoms with E-state index < -0.39 is 6.09 Å². The highest BCUT2D eigenvalue weighted by atomic mass is 19.1. The fourth-order valence-electron chi connectivity index (χ4n) is 2.08. The van der Waals surface area contributed by atoms with Gasteiger partial charge < -0.3 is 4.74 Å². The quantitative estimate of drug-likeness (QED) is 0.611. The van der Waals surface area contributed by atoms with E-state index >= 15 is 0 Å². The van der Waals surface area contributed by atoms with Crippen LogP contribution >= 0.6 is 0 Å². The molecule has 0 aliphatic carbocycles. The van der Waals surface area contributed by atoms with Crippen LogP contribution in [0.1, 0.15) is 26.3 Å². The SMILES string of the molecule is CC.CCN=NN(C)CC1CN(c2ccc(C)c(F)c2)C(=O)O1. The Morgan fingerprint density at radius 3 is 2.74 bits per heavy atom. The van der Waals surface area contributed by atoms with E-state index in [9.17, 15) is 9.18 Å². The maximum atomic E-state index is 13.6. The zero-order valence-corrected chi connectivity index (χ0v) is 14.4. The van der Waals surface area contributed by atoms with Crippen LogP contribution in [-0.4, -0.2) is 43.9 Å². The Hall–Kier alpha value is -2.18. The van der Waals surface area contributed by atoms with E-state index in [1.807, 2.05) is 20.8 Å². The number of likely N-dealkylation sites (N-methyl/N-ethyl adjacent to an activating group) is 1. The Kier molecular flexibility index (Phi) is 7.44. The van der Waals surface area contributed by atoms with Crippen LogP contribution in [0.25, 0.3) is 0 Å². The molecule has 1 aliphatic heterocycles. The third-order valence-corrected chi connectivity index (χ3v) is 3.17. The van der Waals surface area contributed by atoms with Crippen LogP contribution in [0.3, 0.4) is 0 Å². The Labute approximate surface area is 136 Å². The molecule has 1 aliphatic rings. The van der Waals surface area contributed by atoms with Gasteiger partial charge in [0.1, 0.15) is 11.9 Å². The number of benzene rings is 1. The van der Waals surface area contributed by atoms with Crippen molar-refractivity contribution in [2.45, 2.75) is 33.8 Å². The number of rotatable bonds is 5. The van der Waals surface area contributed by atoms with E-state index in [-0.39, 0.29) is 11.9 Å². The van der Waals surface area contributed by atoms with Gasteiger partial charge in [0.15, 0.2) is 0 Å². The molecule has 1 heterocycles. The first-order valence-corrected chi connectivity index (χ1v) is 7.84. The molecule has 128 valence electrons. The van der Waals surface area contributed by atoms with E-state index in [1.165, 1.54) is 11.0 Å². The molecule has 1 saturated heterocycles. The maximum absolute atomic E-state index is 13.6. The summed E-state index contributed by atoms with van der Waals surface area (Å²) < 4.78 is 18.9. The van der Waals surface area contributed by atoms with Gasteiger partial charge in [0, 0.05) is 7.05 Å². The summed E-state index contributed by atoms with van der Waals surface area (Å²) in [4.78, 5) is 13.3. The van der Waals surface area contributed by atoms with E-state index in [2.05, 4.69) is 10.3 Å². The Morgan fingerprint density at radius 2 is 2.13 bits per heavy atom. The smallest absolute Gasteiger partial charge is 0.414 e. The lowest BCUT2D eigenvalue weighted by Crippen LogP contribution is -2.29. The molecule has 23 heavy (non-hydrogen) atoms. The number of aryl methyl sites for hydroxylation is 1. The van der Waals surface area contributed by atoms with E-state index in [4.69, 9.17) is 4.74 Å². The van der Waals surface area contributed by atoms with Gasteiger partial charge in [-0.2, -0.15) is 5.11 Å². The van der Waals surface area contributed by atoms with Gasteiger partial charge in [-0.3, -0.25) is 9.91 Å². The lowest BCUT2D eigenvalue weighted by molar-refractivity contribution is 0.115. The van der Waals surface area contributed by atoms with Crippen LogP contribution in [0.2, 0.25) is 0 Å². The molecule has 1 amide bonds. The summed E-state index contributed by atoms with van der Waals surface area (Å²) in [5.74, 6) is -0.336. The van der Waals surface area contributed by atoms with Crippen molar-refractivity contribution in [2.24, 2.45) is 10.3 Å². The predicted octanol–water partition coefficient (Wildman–Crippen LogP) is 3.80. The van der Waals surface area contributed by atoms with Crippen molar-refractivity contribution in [2.75, 3.05) is 31.6 Å². The average Bonchev–Trinajstić information content (AvgIpc) is 2.90. The summed E-state index contributed by atoms with van der Waals surface area (Å²) in [6.07, 6.45) is -0.785. The highest BCUT2D eigenvalue weighted by Crippen LogP contribution is 2.24. The molecule has 1 atom stereocenters. The summed E-state index contributed by atoms with van der Waals surface area (Å²) in [6, 6.07) is 4.70. The van der Waals surface area contributed by atoms with Gasteiger partial charge in [-0.15, -0.1) is 0 Å². The third-order valence-electron chi connectivity index (χ3n) is 3.17. The van der Waals surface area contributed by atoms with Crippen molar-refractivity contribution >= 4 is 11.8 Å². The molecule has 7 heteroatoms. The summed E-state index contributed by atoms with van der Waals surface area (Å²) in [7, 11) is 1.77. The topological polar surface area (TPSA) is 57.5 Å². The molecule has 0 bridgehead atoms. The van der Waals surface area contributed by atoms with Crippen LogP contribution in [0.5, 0.6) is 0 Å². The summed E-state index contributed by atoms with van der Waals surface area (Å²) in [5, 5.41) is 9.45. The fraction of sp³-hybridized carbons (Fsp3) is 0.562. The summed E-state index contributed by atoms with van der Waals surface area (Å²) in [5.41, 5.74) is 1.05. The van der Waals surface area contributed by atoms with Crippen LogP contribution in [0.4, 0.5) is 14.9 Å². The summed E-state index contributed by atoms with van der Waals surface area (Å²) >= 11 is 0. The molecule has 1 unspecified atom stereocenters. The monoisotopic (exact) mass is 324 g/mol. The minimum Gasteiger partial charge on any atom is -0.442 e. The first-order chi connectivity index (χ1) is 11.0. The van der Waals surface area contributed by atoms with Crippen LogP contribution in [0, 0.1) is 12.7 Å². The fourth-order valence-corrected chi connectivity index (χ4v) is 2.08. The number of carbonyl (C=O) groups excluding carboxylic acids is 1.